The molecule has 1 aliphatic rings. The summed E-state index contributed by atoms with van der Waals surface area (Å²) in [7, 11) is 0. The van der Waals surface area contributed by atoms with Crippen LogP contribution >= 0.6 is 11.3 Å². The third-order valence-corrected chi connectivity index (χ3v) is 11.4. The van der Waals surface area contributed by atoms with Gasteiger partial charge in [0.25, 0.3) is 0 Å². The summed E-state index contributed by atoms with van der Waals surface area (Å²) in [5, 5.41) is 14.5. The van der Waals surface area contributed by atoms with Gasteiger partial charge in [-0.15, -0.1) is 11.3 Å². The van der Waals surface area contributed by atoms with Crippen LogP contribution in [-0.4, -0.2) is 5.84 Å². The fourth-order valence-electron chi connectivity index (χ4n) is 7.73. The van der Waals surface area contributed by atoms with Gasteiger partial charge in [0.1, 0.15) is 40.5 Å². The number of thiophene rings is 1. The smallest absolute Gasteiger partial charge is 0.144 e. The van der Waals surface area contributed by atoms with Gasteiger partial charge in [-0.1, -0.05) is 103 Å². The summed E-state index contributed by atoms with van der Waals surface area (Å²) in [6.07, 6.45) is -0.568. The molecule has 0 fully saturated rings. The highest BCUT2D eigenvalue weighted by atomic mass is 32.1. The topological polar surface area (TPSA) is 62.7 Å². The average Bonchev–Trinajstić information content (AvgIpc) is 3.89. The van der Waals surface area contributed by atoms with Crippen molar-refractivity contribution < 1.29 is 8.83 Å². The normalized spacial score (nSPS) is 16.4. The zero-order chi connectivity index (χ0) is 33.5. The van der Waals surface area contributed by atoms with E-state index in [1.54, 1.807) is 0 Å². The van der Waals surface area contributed by atoms with Crippen molar-refractivity contribution in [1.82, 2.24) is 10.6 Å². The third-order valence-electron chi connectivity index (χ3n) is 10.2. The van der Waals surface area contributed by atoms with Gasteiger partial charge < -0.3 is 14.2 Å². The summed E-state index contributed by atoms with van der Waals surface area (Å²) >= 11 is 1.81. The number of aliphatic imine (C=N–C) groups is 1. The zero-order valence-corrected chi connectivity index (χ0v) is 28.1. The molecule has 0 aliphatic carbocycles. The first-order valence-corrected chi connectivity index (χ1v) is 18.0. The maximum Gasteiger partial charge on any atom is 0.144 e. The molecule has 1 aliphatic heterocycles. The van der Waals surface area contributed by atoms with Crippen LogP contribution in [0, 0.1) is 0 Å². The minimum absolute atomic E-state index is 0.256. The second-order valence-electron chi connectivity index (χ2n) is 13.2. The van der Waals surface area contributed by atoms with Crippen LogP contribution in [0.15, 0.2) is 165 Å². The molecule has 11 rings (SSSR count). The number of para-hydroxylation sites is 2. The molecule has 0 bridgehead atoms. The summed E-state index contributed by atoms with van der Waals surface area (Å²) in [4.78, 5) is 5.38. The standard InChI is InChI=1S/C45H29N3O2S/c1-2-11-26(12-3-1)27-13-10-14-28(23-27)43-46-44(29-21-22-38-33(24-29)30-15-4-7-18-36(30)49-38)48-45(47-43)35-25-34-31-16-5-8-19-37(31)50-41(34)40-32-17-6-9-20-39(32)51-42(35)40/h1-25,43,45,47H,(H,46,48). The third kappa shape index (κ3) is 4.54. The second kappa shape index (κ2) is 11.2. The molecule has 0 saturated carbocycles. The van der Waals surface area contributed by atoms with E-state index in [0.717, 1.165) is 77.4 Å². The molecule has 0 saturated heterocycles. The van der Waals surface area contributed by atoms with Crippen molar-refractivity contribution in [2.24, 2.45) is 4.99 Å². The fourth-order valence-corrected chi connectivity index (χ4v) is 8.98. The Morgan fingerprint density at radius 3 is 2.10 bits per heavy atom. The van der Waals surface area contributed by atoms with Crippen LogP contribution in [0.5, 0.6) is 0 Å². The number of furan rings is 2. The summed E-state index contributed by atoms with van der Waals surface area (Å²) < 4.78 is 15.2. The minimum Gasteiger partial charge on any atom is -0.456 e. The van der Waals surface area contributed by atoms with E-state index < -0.39 is 0 Å². The van der Waals surface area contributed by atoms with Gasteiger partial charge >= 0.3 is 0 Å². The number of fused-ring (bicyclic) bond motifs is 10. The average molecular weight is 676 g/mol. The van der Waals surface area contributed by atoms with Crippen molar-refractivity contribution in [1.29, 1.82) is 0 Å². The zero-order valence-electron chi connectivity index (χ0n) is 27.3. The first kappa shape index (κ1) is 28.6. The van der Waals surface area contributed by atoms with Gasteiger partial charge in [0.05, 0.1) is 0 Å². The molecule has 2 N–H and O–H groups in total. The Morgan fingerprint density at radius 2 is 1.24 bits per heavy atom. The molecule has 10 aromatic rings. The highest BCUT2D eigenvalue weighted by Gasteiger charge is 2.30. The summed E-state index contributed by atoms with van der Waals surface area (Å²) in [6, 6.07) is 53.1. The summed E-state index contributed by atoms with van der Waals surface area (Å²) in [5.41, 5.74) is 9.17. The van der Waals surface area contributed by atoms with Gasteiger partial charge in [-0.05, 0) is 65.2 Å². The highest BCUT2D eigenvalue weighted by Crippen LogP contribution is 2.45. The number of nitrogens with one attached hydrogen (secondary N) is 2. The molecule has 3 aromatic heterocycles. The number of rotatable bonds is 4. The Balaban J connectivity index is 1.13. The van der Waals surface area contributed by atoms with Crippen LogP contribution in [0.2, 0.25) is 0 Å². The largest absolute Gasteiger partial charge is 0.456 e. The first-order valence-electron chi connectivity index (χ1n) is 17.2. The van der Waals surface area contributed by atoms with Gasteiger partial charge in [0.2, 0.25) is 0 Å². The van der Waals surface area contributed by atoms with Crippen molar-refractivity contribution in [3.05, 3.63) is 168 Å². The van der Waals surface area contributed by atoms with E-state index >= 15 is 0 Å². The molecular weight excluding hydrogens is 647 g/mol. The van der Waals surface area contributed by atoms with Crippen molar-refractivity contribution in [2.45, 2.75) is 12.3 Å². The molecule has 4 heterocycles. The van der Waals surface area contributed by atoms with Crippen molar-refractivity contribution in [2.75, 3.05) is 0 Å². The lowest BCUT2D eigenvalue weighted by Gasteiger charge is -2.32. The van der Waals surface area contributed by atoms with E-state index in [0.29, 0.717) is 0 Å². The monoisotopic (exact) mass is 675 g/mol. The van der Waals surface area contributed by atoms with Gasteiger partial charge in [-0.25, -0.2) is 4.99 Å². The Labute approximate surface area is 296 Å². The van der Waals surface area contributed by atoms with E-state index in [9.17, 15) is 0 Å². The van der Waals surface area contributed by atoms with E-state index in [-0.39, 0.29) is 12.3 Å². The Bertz CT molecular complexity index is 3010. The molecule has 7 aromatic carbocycles. The second-order valence-corrected chi connectivity index (χ2v) is 14.2. The summed E-state index contributed by atoms with van der Waals surface area (Å²) in [6.45, 7) is 0. The van der Waals surface area contributed by atoms with Gasteiger partial charge in [0.15, 0.2) is 0 Å². The van der Waals surface area contributed by atoms with Crippen LogP contribution < -0.4 is 10.6 Å². The van der Waals surface area contributed by atoms with Gasteiger partial charge in [-0.2, -0.15) is 0 Å². The highest BCUT2D eigenvalue weighted by molar-refractivity contribution is 7.26. The Kier molecular flexibility index (Phi) is 6.26. The maximum absolute atomic E-state index is 6.61. The van der Waals surface area contributed by atoms with Crippen LogP contribution in [-0.2, 0) is 0 Å². The van der Waals surface area contributed by atoms with Gasteiger partial charge in [-0.3, -0.25) is 5.32 Å². The fraction of sp³-hybridized carbons (Fsp3) is 0.0444. The quantitative estimate of drug-likeness (QED) is 0.195. The molecular formula is C45H29N3O2S. The molecule has 2 unspecified atom stereocenters. The number of amidine groups is 1. The lowest BCUT2D eigenvalue weighted by atomic mass is 9.99. The maximum atomic E-state index is 6.61. The van der Waals surface area contributed by atoms with E-state index in [1.165, 1.54) is 20.3 Å². The Morgan fingerprint density at radius 1 is 0.529 bits per heavy atom. The molecule has 2 atom stereocenters. The molecule has 6 heteroatoms. The number of benzene rings is 7. The van der Waals surface area contributed by atoms with E-state index in [4.69, 9.17) is 13.8 Å². The van der Waals surface area contributed by atoms with Gasteiger partial charge in [0, 0.05) is 52.8 Å². The lowest BCUT2D eigenvalue weighted by molar-refractivity contribution is 0.411. The number of nitrogens with zero attached hydrogens (tertiary/aromatic N) is 1. The van der Waals surface area contributed by atoms with Crippen molar-refractivity contribution in [3.63, 3.8) is 0 Å². The molecule has 242 valence electrons. The molecule has 0 amide bonds. The predicted octanol–water partition coefficient (Wildman–Crippen LogP) is 11.9. The van der Waals surface area contributed by atoms with E-state index in [1.807, 2.05) is 29.5 Å². The van der Waals surface area contributed by atoms with Crippen molar-refractivity contribution in [3.8, 4) is 11.1 Å². The predicted molar refractivity (Wildman–Crippen MR) is 210 cm³/mol. The summed E-state index contributed by atoms with van der Waals surface area (Å²) in [5.74, 6) is 0.826. The lowest BCUT2D eigenvalue weighted by Crippen LogP contribution is -2.45. The minimum atomic E-state index is -0.312. The molecule has 0 spiro atoms. The van der Waals surface area contributed by atoms with Crippen LogP contribution in [0.1, 0.15) is 29.0 Å². The molecule has 51 heavy (non-hydrogen) atoms. The van der Waals surface area contributed by atoms with Crippen LogP contribution in [0.3, 0.4) is 0 Å². The number of hydrogen-bond acceptors (Lipinski definition) is 6. The molecule has 0 radical (unpaired) electrons. The number of hydrogen-bond donors (Lipinski definition) is 2. The SMILES string of the molecule is c1ccc(-c2cccc(C3N=C(c4ccc5oc6ccccc6c5c4)NC(c4cc5c6ccccc6oc5c5c4sc4ccccc45)N3)c2)cc1. The molecule has 5 nitrogen and oxygen atoms in total. The van der Waals surface area contributed by atoms with E-state index in [2.05, 4.69) is 144 Å². The van der Waals surface area contributed by atoms with Crippen LogP contribution in [0.25, 0.3) is 75.2 Å². The van der Waals surface area contributed by atoms with Crippen molar-refractivity contribution >= 4 is 81.2 Å². The first-order chi connectivity index (χ1) is 25.2. The Hall–Kier alpha value is -6.21. The van der Waals surface area contributed by atoms with Crippen LogP contribution in [0.4, 0.5) is 0 Å².